The highest BCUT2D eigenvalue weighted by molar-refractivity contribution is 6.13. The van der Waals surface area contributed by atoms with E-state index in [1.807, 2.05) is 18.2 Å². The molecule has 1 aliphatic carbocycles. The van der Waals surface area contributed by atoms with E-state index in [-0.39, 0.29) is 0 Å². The van der Waals surface area contributed by atoms with Gasteiger partial charge in [-0.3, -0.25) is 0 Å². The second-order valence-electron chi connectivity index (χ2n) is 16.6. The maximum absolute atomic E-state index is 6.36. The van der Waals surface area contributed by atoms with E-state index in [1.165, 1.54) is 59.6 Å². The Labute approximate surface area is 355 Å². The third kappa shape index (κ3) is 6.11. The molecule has 9 aromatic carbocycles. The molecule has 1 saturated carbocycles. The van der Waals surface area contributed by atoms with E-state index in [1.54, 1.807) is 0 Å². The minimum Gasteiger partial charge on any atom is -0.456 e. The summed E-state index contributed by atoms with van der Waals surface area (Å²) in [6, 6.07) is 70.4. The van der Waals surface area contributed by atoms with Gasteiger partial charge < -0.3 is 13.7 Å². The Hall–Kier alpha value is -7.36. The summed E-state index contributed by atoms with van der Waals surface area (Å²) >= 11 is 0. The number of rotatable bonds is 7. The number of hydrogen-bond donors (Lipinski definition) is 0. The summed E-state index contributed by atoms with van der Waals surface area (Å²) in [7, 11) is 0. The highest BCUT2D eigenvalue weighted by Gasteiger charge is 2.23. The molecule has 0 amide bonds. The topological polar surface area (TPSA) is 29.5 Å². The van der Waals surface area contributed by atoms with Gasteiger partial charge in [0.15, 0.2) is 0 Å². The highest BCUT2D eigenvalue weighted by atomic mass is 16.3. The molecule has 0 spiro atoms. The Morgan fingerprint density at radius 2 is 1.02 bits per heavy atom. The Kier molecular flexibility index (Phi) is 8.59. The zero-order valence-corrected chi connectivity index (χ0v) is 33.9. The van der Waals surface area contributed by atoms with Gasteiger partial charge in [-0.2, -0.15) is 0 Å². The summed E-state index contributed by atoms with van der Waals surface area (Å²) in [4.78, 5) is 2.45. The van der Waals surface area contributed by atoms with Crippen LogP contribution in [0.1, 0.15) is 43.6 Å². The van der Waals surface area contributed by atoms with E-state index in [0.29, 0.717) is 5.92 Å². The van der Waals surface area contributed by atoms with Gasteiger partial charge in [-0.15, -0.1) is 0 Å². The first kappa shape index (κ1) is 35.6. The summed E-state index contributed by atoms with van der Waals surface area (Å²) in [5.74, 6) is 0.576. The zero-order valence-electron chi connectivity index (χ0n) is 33.9. The summed E-state index contributed by atoms with van der Waals surface area (Å²) in [5, 5.41) is 7.22. The first-order valence-corrected chi connectivity index (χ1v) is 21.7. The first-order chi connectivity index (χ1) is 30.2. The molecule has 1 fully saturated rings. The lowest BCUT2D eigenvalue weighted by Crippen LogP contribution is -2.11. The number of anilines is 3. The molecule has 1 aliphatic rings. The molecule has 0 unspecified atom stereocenters. The normalized spacial score (nSPS) is 13.5. The SMILES string of the molecule is c1cc(-c2cccc3oc4ccccc4c23)cc(N(c2ccc(-c3ccc4oc5ccccc5c4c3)cc2)c2ccccc2-c2cccc3cccc(C4CCCCC4)c23)c1. The Morgan fingerprint density at radius 1 is 0.377 bits per heavy atom. The van der Waals surface area contributed by atoms with Gasteiger partial charge in [-0.05, 0) is 124 Å². The fourth-order valence-corrected chi connectivity index (χ4v) is 10.2. The molecule has 0 saturated heterocycles. The molecule has 12 rings (SSSR count). The smallest absolute Gasteiger partial charge is 0.136 e. The molecular formula is C58H43NO2. The zero-order chi connectivity index (χ0) is 40.3. The number of para-hydroxylation sites is 3. The van der Waals surface area contributed by atoms with Crippen LogP contribution in [-0.2, 0) is 0 Å². The highest BCUT2D eigenvalue weighted by Crippen LogP contribution is 2.47. The van der Waals surface area contributed by atoms with Crippen LogP contribution in [0, 0.1) is 0 Å². The third-order valence-electron chi connectivity index (χ3n) is 13.1. The first-order valence-electron chi connectivity index (χ1n) is 21.7. The van der Waals surface area contributed by atoms with Crippen molar-refractivity contribution in [1.29, 1.82) is 0 Å². The van der Waals surface area contributed by atoms with Gasteiger partial charge in [-0.1, -0.05) is 153 Å². The summed E-state index contributed by atoms with van der Waals surface area (Å²) in [5.41, 5.74) is 15.5. The van der Waals surface area contributed by atoms with E-state index in [4.69, 9.17) is 8.83 Å². The van der Waals surface area contributed by atoms with Crippen molar-refractivity contribution in [2.45, 2.75) is 38.0 Å². The molecule has 0 bridgehead atoms. The monoisotopic (exact) mass is 785 g/mol. The van der Waals surface area contributed by atoms with Crippen LogP contribution in [0.3, 0.4) is 0 Å². The van der Waals surface area contributed by atoms with Crippen LogP contribution in [0.5, 0.6) is 0 Å². The molecule has 61 heavy (non-hydrogen) atoms. The van der Waals surface area contributed by atoms with Crippen molar-refractivity contribution in [3.63, 3.8) is 0 Å². The van der Waals surface area contributed by atoms with Crippen molar-refractivity contribution in [3.8, 4) is 33.4 Å². The van der Waals surface area contributed by atoms with Gasteiger partial charge in [0.1, 0.15) is 22.3 Å². The lowest BCUT2D eigenvalue weighted by molar-refractivity contribution is 0.445. The fourth-order valence-electron chi connectivity index (χ4n) is 10.2. The minimum absolute atomic E-state index is 0.576. The van der Waals surface area contributed by atoms with Gasteiger partial charge in [0.2, 0.25) is 0 Å². The van der Waals surface area contributed by atoms with E-state index < -0.39 is 0 Å². The lowest BCUT2D eigenvalue weighted by Gasteiger charge is -2.29. The summed E-state index contributed by atoms with van der Waals surface area (Å²) < 4.78 is 12.5. The van der Waals surface area contributed by atoms with Gasteiger partial charge in [0.05, 0.1) is 5.69 Å². The van der Waals surface area contributed by atoms with Crippen LogP contribution in [0.4, 0.5) is 17.1 Å². The summed E-state index contributed by atoms with van der Waals surface area (Å²) in [6.07, 6.45) is 6.44. The van der Waals surface area contributed by atoms with Crippen LogP contribution in [0.25, 0.3) is 88.0 Å². The van der Waals surface area contributed by atoms with Crippen molar-refractivity contribution < 1.29 is 8.83 Å². The predicted octanol–water partition coefficient (Wildman–Crippen LogP) is 17.2. The number of benzene rings is 9. The van der Waals surface area contributed by atoms with Crippen molar-refractivity contribution in [1.82, 2.24) is 0 Å². The number of fused-ring (bicyclic) bond motifs is 7. The third-order valence-corrected chi connectivity index (χ3v) is 13.1. The van der Waals surface area contributed by atoms with E-state index in [0.717, 1.165) is 83.2 Å². The molecule has 0 N–H and O–H groups in total. The second kappa shape index (κ2) is 14.7. The molecule has 2 aromatic heterocycles. The number of nitrogens with zero attached hydrogens (tertiary/aromatic N) is 1. The largest absolute Gasteiger partial charge is 0.456 e. The minimum atomic E-state index is 0.576. The van der Waals surface area contributed by atoms with E-state index in [2.05, 4.69) is 181 Å². The van der Waals surface area contributed by atoms with Crippen molar-refractivity contribution in [3.05, 3.63) is 200 Å². The molecule has 11 aromatic rings. The molecule has 0 atom stereocenters. The predicted molar refractivity (Wildman–Crippen MR) is 255 cm³/mol. The fraction of sp³-hybridized carbons (Fsp3) is 0.103. The quantitative estimate of drug-likeness (QED) is 0.161. The second-order valence-corrected chi connectivity index (χ2v) is 16.6. The summed E-state index contributed by atoms with van der Waals surface area (Å²) in [6.45, 7) is 0. The van der Waals surface area contributed by atoms with Gasteiger partial charge in [-0.25, -0.2) is 0 Å². The molecule has 0 radical (unpaired) electrons. The van der Waals surface area contributed by atoms with Crippen LogP contribution < -0.4 is 4.90 Å². The molecule has 2 heterocycles. The van der Waals surface area contributed by atoms with Crippen molar-refractivity contribution >= 4 is 71.7 Å². The standard InChI is InChI=1S/C58H43NO2/c1-2-14-39(15-3-1)45-23-11-16-40-17-12-25-49(57(40)45)47-20-4-7-26-52(47)59(43-33-30-38(31-34-43)41-32-35-55-51(37-41)48-21-5-8-27-53(48)60-55)44-19-10-18-42(36-44)46-24-13-29-56-58(46)50-22-6-9-28-54(50)61-56/h4-13,16-37,39H,1-3,14-15H2. The lowest BCUT2D eigenvalue weighted by atomic mass is 9.80. The van der Waals surface area contributed by atoms with Gasteiger partial charge in [0, 0.05) is 38.5 Å². The van der Waals surface area contributed by atoms with Gasteiger partial charge in [0.25, 0.3) is 0 Å². The van der Waals surface area contributed by atoms with Crippen molar-refractivity contribution in [2.24, 2.45) is 0 Å². The molecule has 292 valence electrons. The maximum atomic E-state index is 6.36. The van der Waals surface area contributed by atoms with Crippen molar-refractivity contribution in [2.75, 3.05) is 4.90 Å². The van der Waals surface area contributed by atoms with E-state index >= 15 is 0 Å². The average Bonchev–Trinajstić information content (AvgIpc) is 3.90. The molecular weight excluding hydrogens is 743 g/mol. The molecule has 0 aliphatic heterocycles. The Balaban J connectivity index is 1.04. The van der Waals surface area contributed by atoms with E-state index in [9.17, 15) is 0 Å². The van der Waals surface area contributed by atoms with Crippen LogP contribution in [0.15, 0.2) is 203 Å². The average molecular weight is 786 g/mol. The molecule has 3 nitrogen and oxygen atoms in total. The van der Waals surface area contributed by atoms with Crippen LogP contribution in [-0.4, -0.2) is 0 Å². The van der Waals surface area contributed by atoms with Crippen LogP contribution in [0.2, 0.25) is 0 Å². The molecule has 3 heteroatoms. The Morgan fingerprint density at radius 3 is 1.89 bits per heavy atom. The number of hydrogen-bond acceptors (Lipinski definition) is 3. The number of furan rings is 2. The van der Waals surface area contributed by atoms with Crippen LogP contribution >= 0.6 is 0 Å². The van der Waals surface area contributed by atoms with Gasteiger partial charge >= 0.3 is 0 Å². The maximum Gasteiger partial charge on any atom is 0.136 e. The Bertz CT molecular complexity index is 3410.